The fourth-order valence-electron chi connectivity index (χ4n) is 1.90. The molecule has 0 fully saturated rings. The van der Waals surface area contributed by atoms with Crippen molar-refractivity contribution >= 4 is 30.1 Å². The molecule has 112 valence electrons. The molecular weight excluding hydrogens is 285 g/mol. The molecule has 0 unspecified atom stereocenters. The number of carbonyl (C=O) groups is 2. The number of benzene rings is 2. The maximum Gasteiger partial charge on any atom is 0.488 e. The van der Waals surface area contributed by atoms with E-state index in [9.17, 15) is 19.6 Å². The third kappa shape index (κ3) is 3.72. The van der Waals surface area contributed by atoms with Gasteiger partial charge >= 0.3 is 13.1 Å². The number of esters is 1. The average molecular weight is 299 g/mol. The van der Waals surface area contributed by atoms with Gasteiger partial charge in [0.15, 0.2) is 0 Å². The number of methoxy groups -OCH3 is 1. The fraction of sp³-hybridized carbons (Fsp3) is 0.0667. The second-order valence-corrected chi connectivity index (χ2v) is 4.53. The average Bonchev–Trinajstić information content (AvgIpc) is 2.54. The van der Waals surface area contributed by atoms with Crippen molar-refractivity contribution in [2.24, 2.45) is 0 Å². The number of hydrogen-bond acceptors (Lipinski definition) is 5. The Morgan fingerprint density at radius 3 is 2.32 bits per heavy atom. The van der Waals surface area contributed by atoms with Crippen molar-refractivity contribution < 1.29 is 24.4 Å². The number of carbonyl (C=O) groups excluding carboxylic acids is 2. The number of nitrogens with one attached hydrogen (secondary N) is 1. The van der Waals surface area contributed by atoms with Crippen LogP contribution in [0.25, 0.3) is 0 Å². The van der Waals surface area contributed by atoms with E-state index in [1.165, 1.54) is 25.3 Å². The highest BCUT2D eigenvalue weighted by atomic mass is 16.5. The Morgan fingerprint density at radius 1 is 1.05 bits per heavy atom. The second kappa shape index (κ2) is 6.88. The van der Waals surface area contributed by atoms with Crippen LogP contribution in [-0.2, 0) is 4.74 Å². The molecule has 0 aliphatic carbocycles. The molecule has 0 aliphatic heterocycles. The number of amides is 1. The Morgan fingerprint density at radius 2 is 1.73 bits per heavy atom. The van der Waals surface area contributed by atoms with Gasteiger partial charge in [0, 0.05) is 11.3 Å². The van der Waals surface area contributed by atoms with Crippen LogP contribution in [0.3, 0.4) is 0 Å². The van der Waals surface area contributed by atoms with E-state index in [0.717, 1.165) is 0 Å². The lowest BCUT2D eigenvalue weighted by atomic mass is 9.79. The number of rotatable bonds is 4. The van der Waals surface area contributed by atoms with Crippen LogP contribution in [0.2, 0.25) is 0 Å². The van der Waals surface area contributed by atoms with Crippen LogP contribution in [-0.4, -0.2) is 36.2 Å². The maximum atomic E-state index is 12.1. The predicted octanol–water partition coefficient (Wildman–Crippen LogP) is 0.405. The SMILES string of the molecule is COC(=O)c1cc(NC(=O)c2ccccc2)cc(B(O)O)c1. The topological polar surface area (TPSA) is 95.9 Å². The lowest BCUT2D eigenvalue weighted by molar-refractivity contribution is 0.0600. The smallest absolute Gasteiger partial charge is 0.465 e. The molecule has 0 heterocycles. The van der Waals surface area contributed by atoms with E-state index >= 15 is 0 Å². The third-order valence-electron chi connectivity index (χ3n) is 2.97. The van der Waals surface area contributed by atoms with E-state index in [0.29, 0.717) is 5.56 Å². The Kier molecular flexibility index (Phi) is 4.93. The first-order chi connectivity index (χ1) is 10.5. The summed E-state index contributed by atoms with van der Waals surface area (Å²) in [6.07, 6.45) is 0. The Labute approximate surface area is 127 Å². The molecule has 3 N–H and O–H groups in total. The van der Waals surface area contributed by atoms with Gasteiger partial charge in [-0.1, -0.05) is 18.2 Å². The van der Waals surface area contributed by atoms with E-state index < -0.39 is 13.1 Å². The zero-order valence-electron chi connectivity index (χ0n) is 11.8. The van der Waals surface area contributed by atoms with Crippen molar-refractivity contribution in [2.45, 2.75) is 0 Å². The third-order valence-corrected chi connectivity index (χ3v) is 2.97. The van der Waals surface area contributed by atoms with Crippen LogP contribution >= 0.6 is 0 Å². The molecule has 0 bridgehead atoms. The molecule has 6 nitrogen and oxygen atoms in total. The van der Waals surface area contributed by atoms with Crippen molar-refractivity contribution in [3.8, 4) is 0 Å². The second-order valence-electron chi connectivity index (χ2n) is 4.53. The summed E-state index contributed by atoms with van der Waals surface area (Å²) in [6.45, 7) is 0. The highest BCUT2D eigenvalue weighted by molar-refractivity contribution is 6.58. The highest BCUT2D eigenvalue weighted by Gasteiger charge is 2.17. The Hall–Kier alpha value is -2.64. The molecule has 7 heteroatoms. The molecule has 0 radical (unpaired) electrons. The first-order valence-electron chi connectivity index (χ1n) is 6.47. The van der Waals surface area contributed by atoms with Crippen LogP contribution in [0.4, 0.5) is 5.69 Å². The highest BCUT2D eigenvalue weighted by Crippen LogP contribution is 2.12. The van der Waals surface area contributed by atoms with Crippen LogP contribution in [0, 0.1) is 0 Å². The van der Waals surface area contributed by atoms with Crippen molar-refractivity contribution in [3.05, 3.63) is 59.7 Å². The van der Waals surface area contributed by atoms with Crippen molar-refractivity contribution in [1.29, 1.82) is 0 Å². The van der Waals surface area contributed by atoms with Crippen molar-refractivity contribution in [1.82, 2.24) is 0 Å². The van der Waals surface area contributed by atoms with Crippen molar-refractivity contribution in [2.75, 3.05) is 12.4 Å². The molecule has 22 heavy (non-hydrogen) atoms. The van der Waals surface area contributed by atoms with Gasteiger partial charge in [-0.15, -0.1) is 0 Å². The molecule has 0 aromatic heterocycles. The van der Waals surface area contributed by atoms with E-state index in [4.69, 9.17) is 0 Å². The normalized spacial score (nSPS) is 9.95. The van der Waals surface area contributed by atoms with Gasteiger partial charge in [0.25, 0.3) is 5.91 Å². The molecule has 2 aromatic carbocycles. The van der Waals surface area contributed by atoms with Gasteiger partial charge in [-0.2, -0.15) is 0 Å². The van der Waals surface area contributed by atoms with Gasteiger partial charge in [0.2, 0.25) is 0 Å². The van der Waals surface area contributed by atoms with Crippen LogP contribution < -0.4 is 10.8 Å². The van der Waals surface area contributed by atoms with Gasteiger partial charge < -0.3 is 20.1 Å². The molecule has 1 amide bonds. The summed E-state index contributed by atoms with van der Waals surface area (Å²) < 4.78 is 4.60. The first kappa shape index (κ1) is 15.7. The van der Waals surface area contributed by atoms with Gasteiger partial charge in [0.1, 0.15) is 0 Å². The molecule has 0 aliphatic rings. The largest absolute Gasteiger partial charge is 0.488 e. The summed E-state index contributed by atoms with van der Waals surface area (Å²) in [5, 5.41) is 21.1. The summed E-state index contributed by atoms with van der Waals surface area (Å²) in [6, 6.07) is 12.6. The van der Waals surface area contributed by atoms with Gasteiger partial charge in [-0.25, -0.2) is 4.79 Å². The minimum Gasteiger partial charge on any atom is -0.465 e. The molecule has 0 saturated carbocycles. The zero-order chi connectivity index (χ0) is 16.1. The Balaban J connectivity index is 2.32. The van der Waals surface area contributed by atoms with Crippen molar-refractivity contribution in [3.63, 3.8) is 0 Å². The van der Waals surface area contributed by atoms with E-state index in [1.54, 1.807) is 30.3 Å². The van der Waals surface area contributed by atoms with Crippen LogP contribution in [0.5, 0.6) is 0 Å². The maximum absolute atomic E-state index is 12.1. The van der Waals surface area contributed by atoms with E-state index in [2.05, 4.69) is 10.1 Å². The molecule has 0 atom stereocenters. The lowest BCUT2D eigenvalue weighted by Gasteiger charge is -2.10. The van der Waals surface area contributed by atoms with Gasteiger partial charge in [-0.3, -0.25) is 4.79 Å². The first-order valence-corrected chi connectivity index (χ1v) is 6.47. The van der Waals surface area contributed by atoms with Gasteiger partial charge in [-0.05, 0) is 35.8 Å². The van der Waals surface area contributed by atoms with Crippen LogP contribution in [0.15, 0.2) is 48.5 Å². The summed E-state index contributed by atoms with van der Waals surface area (Å²) in [5.74, 6) is -1.02. The molecule has 0 saturated heterocycles. The minimum absolute atomic E-state index is 0.0752. The van der Waals surface area contributed by atoms with E-state index in [-0.39, 0.29) is 22.6 Å². The summed E-state index contributed by atoms with van der Waals surface area (Å²) in [5.41, 5.74) is 0.889. The standard InChI is InChI=1S/C15H14BNO5/c1-22-15(19)11-7-12(16(20)21)9-13(8-11)17-14(18)10-5-3-2-4-6-10/h2-9,20-21H,1H3,(H,17,18). The van der Waals surface area contributed by atoms with E-state index in [1.807, 2.05) is 0 Å². The number of anilines is 1. The molecular formula is C15H14BNO5. The Bertz CT molecular complexity index is 688. The number of ether oxygens (including phenoxy) is 1. The quantitative estimate of drug-likeness (QED) is 0.561. The lowest BCUT2D eigenvalue weighted by Crippen LogP contribution is -2.31. The molecule has 2 aromatic rings. The van der Waals surface area contributed by atoms with Crippen LogP contribution in [0.1, 0.15) is 20.7 Å². The summed E-state index contributed by atoms with van der Waals surface area (Å²) >= 11 is 0. The predicted molar refractivity (Wildman–Crippen MR) is 82.0 cm³/mol. The zero-order valence-corrected chi connectivity index (χ0v) is 11.8. The monoisotopic (exact) mass is 299 g/mol. The fourth-order valence-corrected chi connectivity index (χ4v) is 1.90. The summed E-state index contributed by atoms with van der Waals surface area (Å²) in [4.78, 5) is 23.7. The van der Waals surface area contributed by atoms with Gasteiger partial charge in [0.05, 0.1) is 12.7 Å². The molecule has 2 rings (SSSR count). The summed E-state index contributed by atoms with van der Waals surface area (Å²) in [7, 11) is -0.552. The number of hydrogen-bond donors (Lipinski definition) is 3. The minimum atomic E-state index is -1.77. The molecule has 0 spiro atoms.